The monoisotopic (exact) mass is 372 g/mol. The van der Waals surface area contributed by atoms with Gasteiger partial charge in [0, 0.05) is 0 Å². The van der Waals surface area contributed by atoms with Crippen LogP contribution in [-0.2, 0) is 14.1 Å². The third-order valence-electron chi connectivity index (χ3n) is 4.46. The molecule has 0 atom stereocenters. The van der Waals surface area contributed by atoms with E-state index in [1.54, 1.807) is 0 Å². The summed E-state index contributed by atoms with van der Waals surface area (Å²) in [7, 11) is -3.73. The molecule has 5 heteroatoms. The van der Waals surface area contributed by atoms with E-state index < -0.39 is 16.9 Å². The second-order valence-corrected chi connectivity index (χ2v) is 12.7. The van der Waals surface area contributed by atoms with Crippen molar-refractivity contribution in [2.75, 3.05) is 12.9 Å². The normalized spacial score (nSPS) is 13.8. The standard InChI is InChI=1S/C20H21O3PS/c1-24(23-25(2,21)22,18-12-6-3-7-13-18,19-14-8-4-9-15-19)20-16-10-5-11-17-20/h3-17H,1-2H3. The maximum absolute atomic E-state index is 12.4. The summed E-state index contributed by atoms with van der Waals surface area (Å²) in [5, 5.41) is 2.61. The maximum atomic E-state index is 12.4. The Bertz CT molecular complexity index is 856. The van der Waals surface area contributed by atoms with E-state index in [-0.39, 0.29) is 0 Å². The Morgan fingerprint density at radius 3 is 1.16 bits per heavy atom. The first-order chi connectivity index (χ1) is 11.8. The summed E-state index contributed by atoms with van der Waals surface area (Å²) in [6.45, 7) is -1.71. The first-order valence-electron chi connectivity index (χ1n) is 7.94. The zero-order valence-corrected chi connectivity index (χ0v) is 16.0. The molecule has 130 valence electrons. The predicted molar refractivity (Wildman–Crippen MR) is 107 cm³/mol. The first kappa shape index (κ1) is 17.8. The molecule has 0 aromatic heterocycles. The Kier molecular flexibility index (Phi) is 4.54. The molecule has 0 unspecified atom stereocenters. The van der Waals surface area contributed by atoms with Gasteiger partial charge >= 0.3 is 149 Å². The van der Waals surface area contributed by atoms with E-state index in [0.717, 1.165) is 22.2 Å². The van der Waals surface area contributed by atoms with E-state index in [9.17, 15) is 8.42 Å². The van der Waals surface area contributed by atoms with Gasteiger partial charge in [0.15, 0.2) is 0 Å². The van der Waals surface area contributed by atoms with Gasteiger partial charge in [0.1, 0.15) is 0 Å². The molecule has 25 heavy (non-hydrogen) atoms. The van der Waals surface area contributed by atoms with Crippen LogP contribution in [0, 0.1) is 0 Å². The zero-order chi connectivity index (χ0) is 18.0. The van der Waals surface area contributed by atoms with Gasteiger partial charge in [-0.2, -0.15) is 0 Å². The molecule has 0 aliphatic heterocycles. The van der Waals surface area contributed by atoms with E-state index in [1.807, 2.05) is 97.7 Å². The van der Waals surface area contributed by atoms with Crippen molar-refractivity contribution in [2.24, 2.45) is 0 Å². The number of rotatable bonds is 5. The van der Waals surface area contributed by atoms with Gasteiger partial charge in [-0.25, -0.2) is 0 Å². The van der Waals surface area contributed by atoms with Crippen molar-refractivity contribution in [3.8, 4) is 0 Å². The fourth-order valence-corrected chi connectivity index (χ4v) is 10.6. The van der Waals surface area contributed by atoms with Crippen LogP contribution in [0.2, 0.25) is 0 Å². The second kappa shape index (κ2) is 6.38. The summed E-state index contributed by atoms with van der Waals surface area (Å²) >= 11 is 0. The van der Waals surface area contributed by atoms with Gasteiger partial charge in [-0.3, -0.25) is 0 Å². The minimum absolute atomic E-state index is 0.872. The van der Waals surface area contributed by atoms with Crippen LogP contribution in [0.1, 0.15) is 0 Å². The topological polar surface area (TPSA) is 43.4 Å². The quantitative estimate of drug-likeness (QED) is 0.647. The summed E-state index contributed by atoms with van der Waals surface area (Å²) in [4.78, 5) is 0. The van der Waals surface area contributed by atoms with Crippen molar-refractivity contribution in [3.05, 3.63) is 91.0 Å². The number of hydrogen-bond acceptors (Lipinski definition) is 3. The van der Waals surface area contributed by atoms with Crippen LogP contribution in [0.3, 0.4) is 0 Å². The number of benzene rings is 3. The van der Waals surface area contributed by atoms with Gasteiger partial charge in [0.2, 0.25) is 0 Å². The molecular weight excluding hydrogens is 351 g/mol. The fourth-order valence-electron chi connectivity index (χ4n) is 3.28. The molecule has 0 fully saturated rings. The first-order valence-corrected chi connectivity index (χ1v) is 12.4. The molecule has 0 saturated carbocycles. The van der Waals surface area contributed by atoms with Gasteiger partial charge in [-0.1, -0.05) is 0 Å². The summed E-state index contributed by atoms with van der Waals surface area (Å²) in [6, 6.07) is 28.9. The van der Waals surface area contributed by atoms with Crippen LogP contribution in [-0.4, -0.2) is 21.3 Å². The summed E-state index contributed by atoms with van der Waals surface area (Å²) in [5.74, 6) is 0. The molecule has 0 heterocycles. The van der Waals surface area contributed by atoms with Crippen LogP contribution >= 0.6 is 6.83 Å². The summed E-state index contributed by atoms with van der Waals surface area (Å²) < 4.78 is 30.8. The van der Waals surface area contributed by atoms with Gasteiger partial charge in [-0.15, -0.1) is 0 Å². The van der Waals surface area contributed by atoms with Crippen LogP contribution < -0.4 is 15.9 Å². The van der Waals surface area contributed by atoms with Gasteiger partial charge < -0.3 is 0 Å². The summed E-state index contributed by atoms with van der Waals surface area (Å²) in [5.41, 5.74) is 0. The van der Waals surface area contributed by atoms with Crippen molar-refractivity contribution >= 4 is 32.9 Å². The van der Waals surface area contributed by atoms with Crippen molar-refractivity contribution in [1.29, 1.82) is 0 Å². The van der Waals surface area contributed by atoms with Gasteiger partial charge in [0.05, 0.1) is 0 Å². The Balaban J connectivity index is 2.49. The molecular formula is C20H21O3PS. The fraction of sp³-hybridized carbons (Fsp3) is 0.100. The van der Waals surface area contributed by atoms with Crippen LogP contribution in [0.4, 0.5) is 0 Å². The van der Waals surface area contributed by atoms with E-state index in [2.05, 4.69) is 0 Å². The third kappa shape index (κ3) is 3.13. The zero-order valence-electron chi connectivity index (χ0n) is 14.2. The Hall–Kier alpha value is -2.00. The predicted octanol–water partition coefficient (Wildman–Crippen LogP) is 3.04. The molecule has 0 N–H and O–H groups in total. The van der Waals surface area contributed by atoms with Gasteiger partial charge in [0.25, 0.3) is 0 Å². The molecule has 3 aromatic carbocycles. The molecule has 0 amide bonds. The molecule has 0 aliphatic rings. The Morgan fingerprint density at radius 2 is 0.920 bits per heavy atom. The molecule has 3 rings (SSSR count). The summed E-state index contributed by atoms with van der Waals surface area (Å²) in [6.07, 6.45) is 1.12. The van der Waals surface area contributed by atoms with Crippen LogP contribution in [0.15, 0.2) is 91.0 Å². The van der Waals surface area contributed by atoms with E-state index in [0.29, 0.717) is 0 Å². The van der Waals surface area contributed by atoms with Crippen molar-refractivity contribution < 1.29 is 12.4 Å². The molecule has 0 saturated heterocycles. The number of hydrogen-bond donors (Lipinski definition) is 0. The SMILES string of the molecule is CS(=O)(=O)OP(C)(c1ccccc1)(c1ccccc1)c1ccccc1. The molecule has 3 aromatic rings. The molecule has 0 radical (unpaired) electrons. The van der Waals surface area contributed by atoms with E-state index >= 15 is 0 Å². The Labute approximate surface area is 149 Å². The van der Waals surface area contributed by atoms with Gasteiger partial charge in [-0.05, 0) is 0 Å². The molecule has 0 spiro atoms. The average Bonchev–Trinajstić information content (AvgIpc) is 2.63. The Morgan fingerprint density at radius 1 is 0.640 bits per heavy atom. The second-order valence-electron chi connectivity index (χ2n) is 6.25. The third-order valence-corrected chi connectivity index (χ3v) is 11.7. The molecule has 0 aliphatic carbocycles. The van der Waals surface area contributed by atoms with Crippen molar-refractivity contribution in [3.63, 3.8) is 0 Å². The minimum atomic E-state index is -3.73. The van der Waals surface area contributed by atoms with E-state index in [1.165, 1.54) is 0 Å². The van der Waals surface area contributed by atoms with Crippen LogP contribution in [0.25, 0.3) is 0 Å². The van der Waals surface area contributed by atoms with Crippen molar-refractivity contribution in [1.82, 2.24) is 0 Å². The molecule has 0 bridgehead atoms. The van der Waals surface area contributed by atoms with Crippen molar-refractivity contribution in [2.45, 2.75) is 0 Å². The average molecular weight is 372 g/mol. The molecule has 3 nitrogen and oxygen atoms in total. The van der Waals surface area contributed by atoms with Crippen LogP contribution in [0.5, 0.6) is 0 Å². The van der Waals surface area contributed by atoms with E-state index in [4.69, 9.17) is 3.97 Å².